The molecule has 0 radical (unpaired) electrons. The first-order chi connectivity index (χ1) is 21.3. The molecule has 3 aromatic rings. The molecule has 11 nitrogen and oxygen atoms in total. The number of carbonyl (C=O) groups is 3. The number of amides is 4. The summed E-state index contributed by atoms with van der Waals surface area (Å²) in [5.41, 5.74) is 3.22. The normalized spacial score (nSPS) is 11.5. The molecule has 0 bridgehead atoms. The number of anilines is 3. The van der Waals surface area contributed by atoms with Gasteiger partial charge in [-0.1, -0.05) is 27.7 Å². The van der Waals surface area contributed by atoms with Gasteiger partial charge in [0.15, 0.2) is 0 Å². The van der Waals surface area contributed by atoms with E-state index in [4.69, 9.17) is 9.72 Å². The zero-order chi connectivity index (χ0) is 33.1. The minimum Gasteiger partial charge on any atom is -0.449 e. The number of rotatable bonds is 14. The largest absolute Gasteiger partial charge is 0.449 e. The lowest BCUT2D eigenvalue weighted by Gasteiger charge is -2.24. The lowest BCUT2D eigenvalue weighted by molar-refractivity contribution is 0.0740. The number of hydrogen-bond acceptors (Lipinski definition) is 6. The van der Waals surface area contributed by atoms with Gasteiger partial charge in [-0.2, -0.15) is 0 Å². The lowest BCUT2D eigenvalue weighted by Crippen LogP contribution is -2.41. The van der Waals surface area contributed by atoms with Gasteiger partial charge in [-0.05, 0) is 94.3 Å². The molecule has 0 aliphatic heterocycles. The summed E-state index contributed by atoms with van der Waals surface area (Å²) in [6.07, 6.45) is 1.97. The number of ether oxygens (including phenoxy) is 1. The molecular weight excluding hydrogens is 570 g/mol. The highest BCUT2D eigenvalue weighted by Gasteiger charge is 2.20. The van der Waals surface area contributed by atoms with E-state index in [9.17, 15) is 14.4 Å². The van der Waals surface area contributed by atoms with Gasteiger partial charge < -0.3 is 35.5 Å². The third kappa shape index (κ3) is 11.3. The van der Waals surface area contributed by atoms with E-state index < -0.39 is 6.09 Å². The second kappa shape index (κ2) is 16.2. The van der Waals surface area contributed by atoms with E-state index in [0.717, 1.165) is 29.6 Å². The van der Waals surface area contributed by atoms with Crippen molar-refractivity contribution >= 4 is 46.4 Å². The molecule has 4 N–H and O–H groups in total. The Bertz CT molecular complexity index is 1410. The molecule has 0 saturated carbocycles. The van der Waals surface area contributed by atoms with E-state index in [0.29, 0.717) is 55.1 Å². The summed E-state index contributed by atoms with van der Waals surface area (Å²) in [7, 11) is 1.56. The van der Waals surface area contributed by atoms with Gasteiger partial charge >= 0.3 is 12.1 Å². The number of urea groups is 1. The summed E-state index contributed by atoms with van der Waals surface area (Å²) in [4.78, 5) is 44.5. The van der Waals surface area contributed by atoms with Crippen molar-refractivity contribution in [3.8, 4) is 0 Å². The number of hydrogen-bond donors (Lipinski definition) is 4. The third-order valence-electron chi connectivity index (χ3n) is 7.10. The quantitative estimate of drug-likeness (QED) is 0.144. The molecule has 0 aliphatic rings. The highest BCUT2D eigenvalue weighted by atomic mass is 16.5. The average molecular weight is 622 g/mol. The molecule has 1 heterocycles. The Labute approximate surface area is 267 Å². The smallest absolute Gasteiger partial charge is 0.407 e. The van der Waals surface area contributed by atoms with Crippen molar-refractivity contribution in [2.45, 2.75) is 79.8 Å². The summed E-state index contributed by atoms with van der Waals surface area (Å²) in [5, 5.41) is 11.5. The van der Waals surface area contributed by atoms with E-state index in [-0.39, 0.29) is 24.1 Å². The summed E-state index contributed by atoms with van der Waals surface area (Å²) in [6.45, 7) is 16.5. The highest BCUT2D eigenvalue weighted by Crippen LogP contribution is 2.26. The average Bonchev–Trinajstić information content (AvgIpc) is 3.30. The van der Waals surface area contributed by atoms with Crippen LogP contribution in [0.5, 0.6) is 0 Å². The molecule has 3 rings (SSSR count). The highest BCUT2D eigenvalue weighted by molar-refractivity contribution is 5.98. The topological polar surface area (TPSA) is 130 Å². The molecule has 1 aromatic heterocycles. The molecule has 11 heteroatoms. The first-order valence-corrected chi connectivity index (χ1v) is 15.9. The second-order valence-corrected chi connectivity index (χ2v) is 13.2. The van der Waals surface area contributed by atoms with Crippen LogP contribution in [0.1, 0.15) is 78.1 Å². The zero-order valence-corrected chi connectivity index (χ0v) is 28.1. The number of nitrogens with zero attached hydrogens (tertiary/aromatic N) is 3. The summed E-state index contributed by atoms with van der Waals surface area (Å²) in [5.74, 6) is 1.61. The Morgan fingerprint density at radius 2 is 1.56 bits per heavy atom. The number of aryl methyl sites for hydroxylation is 1. The van der Waals surface area contributed by atoms with Crippen molar-refractivity contribution in [1.29, 1.82) is 0 Å². The number of benzene rings is 2. The Balaban J connectivity index is 1.89. The predicted molar refractivity (Wildman–Crippen MR) is 181 cm³/mol. The van der Waals surface area contributed by atoms with Gasteiger partial charge in [0.1, 0.15) is 0 Å². The lowest BCUT2D eigenvalue weighted by atomic mass is 10.1. The van der Waals surface area contributed by atoms with Gasteiger partial charge in [-0.15, -0.1) is 0 Å². The van der Waals surface area contributed by atoms with Crippen LogP contribution in [0.15, 0.2) is 42.5 Å². The molecule has 0 fully saturated rings. The molecule has 45 heavy (non-hydrogen) atoms. The molecule has 0 spiro atoms. The molecular formula is C34H51N7O4. The van der Waals surface area contributed by atoms with Crippen LogP contribution in [0.3, 0.4) is 0 Å². The molecule has 0 unspecified atom stereocenters. The maximum absolute atomic E-state index is 13.8. The van der Waals surface area contributed by atoms with Gasteiger partial charge in [0.25, 0.3) is 5.91 Å². The number of fused-ring (bicyclic) bond motifs is 1. The summed E-state index contributed by atoms with van der Waals surface area (Å²) in [6, 6.07) is 12.7. The number of imidazole rings is 1. The van der Waals surface area contributed by atoms with Gasteiger partial charge in [0.05, 0.1) is 17.6 Å². The van der Waals surface area contributed by atoms with Gasteiger partial charge in [0.2, 0.25) is 5.95 Å². The van der Waals surface area contributed by atoms with Crippen molar-refractivity contribution in [2.24, 2.45) is 11.8 Å². The minimum absolute atomic E-state index is 0.0156. The fourth-order valence-electron chi connectivity index (χ4n) is 4.59. The van der Waals surface area contributed by atoms with Crippen molar-refractivity contribution < 1.29 is 19.1 Å². The molecule has 0 atom stereocenters. The van der Waals surface area contributed by atoms with E-state index in [1.165, 1.54) is 0 Å². The zero-order valence-electron chi connectivity index (χ0n) is 28.1. The van der Waals surface area contributed by atoms with Crippen LogP contribution in [-0.2, 0) is 11.3 Å². The number of nitrogens with one attached hydrogen (secondary N) is 4. The van der Waals surface area contributed by atoms with E-state index in [2.05, 4.69) is 49.0 Å². The maximum Gasteiger partial charge on any atom is 0.407 e. The Morgan fingerprint density at radius 3 is 2.13 bits per heavy atom. The van der Waals surface area contributed by atoms with Crippen LogP contribution in [0.2, 0.25) is 0 Å². The molecule has 0 aliphatic carbocycles. The van der Waals surface area contributed by atoms with Crippen LogP contribution in [0.25, 0.3) is 11.0 Å². The van der Waals surface area contributed by atoms with Gasteiger partial charge in [0, 0.05) is 49.2 Å². The van der Waals surface area contributed by atoms with Crippen LogP contribution in [0.4, 0.5) is 26.9 Å². The van der Waals surface area contributed by atoms with Gasteiger partial charge in [-0.25, -0.2) is 14.6 Å². The van der Waals surface area contributed by atoms with Crippen LogP contribution in [-0.4, -0.2) is 64.8 Å². The fraction of sp³-hybridized carbons (Fsp3) is 0.529. The number of alkyl carbamates (subject to hydrolysis) is 1. The monoisotopic (exact) mass is 621 g/mol. The Morgan fingerprint density at radius 1 is 0.933 bits per heavy atom. The van der Waals surface area contributed by atoms with Crippen LogP contribution < -0.4 is 21.3 Å². The first-order valence-electron chi connectivity index (χ1n) is 15.9. The third-order valence-corrected chi connectivity index (χ3v) is 7.10. The predicted octanol–water partition coefficient (Wildman–Crippen LogP) is 6.98. The van der Waals surface area contributed by atoms with Crippen molar-refractivity contribution in [2.75, 3.05) is 37.4 Å². The number of aromatic nitrogens is 2. The molecule has 246 valence electrons. The molecule has 4 amide bonds. The SMILES string of the molecule is CNC(=O)Nc1ccc(Nc2nc3ccc(C(=O)N(CCC(C)C)CCC(C)C)cc3n2CCCOC(=O)NC(C)(C)C)cc1. The van der Waals surface area contributed by atoms with E-state index >= 15 is 0 Å². The Kier molecular flexibility index (Phi) is 12.6. The standard InChI is InChI=1S/C34H51N7O4/c1-23(2)16-19-40(20-17-24(3)4)30(42)25-10-15-28-29(22-25)41(18-9-21-45-33(44)39-34(5,6)7)31(38-28)36-26-11-13-27(14-12-26)37-32(43)35-8/h10-15,22-24H,9,16-21H2,1-8H3,(H,36,38)(H,39,44)(H2,35,37,43). The maximum atomic E-state index is 13.8. The molecule has 2 aromatic carbocycles. The summed E-state index contributed by atoms with van der Waals surface area (Å²) >= 11 is 0. The first kappa shape index (κ1) is 35.2. The summed E-state index contributed by atoms with van der Waals surface area (Å²) < 4.78 is 7.44. The van der Waals surface area contributed by atoms with Crippen LogP contribution in [0, 0.1) is 11.8 Å². The fourth-order valence-corrected chi connectivity index (χ4v) is 4.59. The van der Waals surface area contributed by atoms with Gasteiger partial charge in [-0.3, -0.25) is 4.79 Å². The van der Waals surface area contributed by atoms with E-state index in [1.54, 1.807) is 19.2 Å². The second-order valence-electron chi connectivity index (χ2n) is 13.2. The number of carbonyl (C=O) groups excluding carboxylic acids is 3. The Hall–Kier alpha value is -4.28. The van der Waals surface area contributed by atoms with E-state index in [1.807, 2.05) is 60.6 Å². The van der Waals surface area contributed by atoms with Crippen LogP contribution >= 0.6 is 0 Å². The van der Waals surface area contributed by atoms with Crippen molar-refractivity contribution in [3.05, 3.63) is 48.0 Å². The van der Waals surface area contributed by atoms with Crippen molar-refractivity contribution in [1.82, 2.24) is 25.1 Å². The van der Waals surface area contributed by atoms with Crippen molar-refractivity contribution in [3.63, 3.8) is 0 Å². The minimum atomic E-state index is -0.461. The molecule has 0 saturated heterocycles.